The normalized spacial score (nSPS) is 14.4. The van der Waals surface area contributed by atoms with E-state index in [0.29, 0.717) is 0 Å². The molecule has 0 aromatic rings. The maximum absolute atomic E-state index is 10.5. The third-order valence-corrected chi connectivity index (χ3v) is 2.52. The van der Waals surface area contributed by atoms with Crippen molar-refractivity contribution in [3.05, 3.63) is 72.4 Å². The molecule has 23 heavy (non-hydrogen) atoms. The topological polar surface area (TPSA) is 110 Å². The van der Waals surface area contributed by atoms with E-state index in [1.54, 1.807) is 24.8 Å². The first-order valence-corrected chi connectivity index (χ1v) is 6.71. The molecule has 2 heterocycles. The summed E-state index contributed by atoms with van der Waals surface area (Å²) in [6.45, 7) is 0. The zero-order chi connectivity index (χ0) is 16.2. The molecule has 2 aliphatic heterocycles. The Morgan fingerprint density at radius 2 is 1.17 bits per heavy atom. The van der Waals surface area contributed by atoms with Gasteiger partial charge in [0.25, 0.3) is 0 Å². The fraction of sp³-hybridized carbons (Fsp3) is 0.125. The minimum Gasteiger partial charge on any atom is -0.369 e. The van der Waals surface area contributed by atoms with Crippen LogP contribution in [0.4, 0.5) is 0 Å². The first-order valence-electron chi connectivity index (χ1n) is 6.71. The third-order valence-electron chi connectivity index (χ3n) is 2.52. The van der Waals surface area contributed by atoms with Gasteiger partial charge in [0, 0.05) is 24.8 Å². The van der Waals surface area contributed by atoms with Gasteiger partial charge < -0.3 is 22.1 Å². The van der Waals surface area contributed by atoms with Crippen LogP contribution in [0.25, 0.3) is 0 Å². The monoisotopic (exact) mass is 336 g/mol. The third kappa shape index (κ3) is 10.6. The lowest BCUT2D eigenvalue weighted by atomic mass is 10.2. The summed E-state index contributed by atoms with van der Waals surface area (Å²) >= 11 is 0. The second-order valence-corrected chi connectivity index (χ2v) is 4.49. The molecule has 0 unspecified atom stereocenters. The molecular weight excluding hydrogens is 316 g/mol. The lowest BCUT2D eigenvalue weighted by molar-refractivity contribution is -0.118. The van der Waals surface area contributed by atoms with Crippen LogP contribution in [0.1, 0.15) is 12.8 Å². The number of hydrogen-bond acceptors (Lipinski definition) is 4. The minimum absolute atomic E-state index is 0. The number of nitrogens with two attached hydrogens (primary N) is 2. The van der Waals surface area contributed by atoms with E-state index in [9.17, 15) is 9.59 Å². The van der Waals surface area contributed by atoms with Crippen molar-refractivity contribution in [3.63, 3.8) is 0 Å². The smallest absolute Gasteiger partial charge is 0.221 e. The predicted octanol–water partition coefficient (Wildman–Crippen LogP) is 1.26. The summed E-state index contributed by atoms with van der Waals surface area (Å²) in [4.78, 5) is 21.0. The molecule has 0 spiro atoms. The highest BCUT2D eigenvalue weighted by atomic mass is 35.5. The first-order chi connectivity index (χ1) is 10.6. The number of carbonyl (C=O) groups is 2. The zero-order valence-electron chi connectivity index (χ0n) is 12.6. The van der Waals surface area contributed by atoms with Gasteiger partial charge in [0.15, 0.2) is 0 Å². The second-order valence-electron chi connectivity index (χ2n) is 4.49. The highest BCUT2D eigenvalue weighted by molar-refractivity contribution is 5.85. The fourth-order valence-corrected chi connectivity index (χ4v) is 1.61. The number of allylic oxidation sites excluding steroid dienone is 6. The number of rotatable bonds is 4. The maximum atomic E-state index is 10.5. The van der Waals surface area contributed by atoms with Gasteiger partial charge in [-0.05, 0) is 23.3 Å². The summed E-state index contributed by atoms with van der Waals surface area (Å²) in [5.41, 5.74) is 11.8. The van der Waals surface area contributed by atoms with Crippen LogP contribution in [0.5, 0.6) is 0 Å². The van der Waals surface area contributed by atoms with Crippen LogP contribution in [-0.2, 0) is 9.59 Å². The molecule has 6 nitrogen and oxygen atoms in total. The summed E-state index contributed by atoms with van der Waals surface area (Å²) in [7, 11) is 0. The van der Waals surface area contributed by atoms with Crippen LogP contribution in [0.2, 0.25) is 0 Å². The van der Waals surface area contributed by atoms with Crippen LogP contribution in [0.3, 0.4) is 0 Å². The van der Waals surface area contributed by atoms with Gasteiger partial charge >= 0.3 is 0 Å². The van der Waals surface area contributed by atoms with Crippen molar-refractivity contribution in [3.8, 4) is 0 Å². The van der Waals surface area contributed by atoms with Gasteiger partial charge in [0.05, 0.1) is 12.8 Å². The van der Waals surface area contributed by atoms with Crippen molar-refractivity contribution in [1.29, 1.82) is 0 Å². The van der Waals surface area contributed by atoms with E-state index in [4.69, 9.17) is 11.5 Å². The highest BCUT2D eigenvalue weighted by Gasteiger charge is 1.98. The van der Waals surface area contributed by atoms with Gasteiger partial charge in [-0.3, -0.25) is 9.59 Å². The number of halogens is 1. The van der Waals surface area contributed by atoms with Gasteiger partial charge in [-0.15, -0.1) is 12.4 Å². The quantitative estimate of drug-likeness (QED) is 0.619. The fourth-order valence-electron chi connectivity index (χ4n) is 1.61. The average molecular weight is 337 g/mol. The molecule has 0 bridgehead atoms. The Kier molecular flexibility index (Phi) is 10.5. The largest absolute Gasteiger partial charge is 0.369 e. The SMILES string of the molecule is Cl.NC(=O)CC1=CNC=CC=C1.NC(=O)CC1=CNC=CC=C1. The predicted molar refractivity (Wildman–Crippen MR) is 93.9 cm³/mol. The molecule has 2 rings (SSSR count). The first kappa shape index (κ1) is 20.3. The van der Waals surface area contributed by atoms with Gasteiger partial charge in [0.2, 0.25) is 11.8 Å². The number of primary amides is 2. The number of nitrogens with one attached hydrogen (secondary N) is 2. The van der Waals surface area contributed by atoms with E-state index in [-0.39, 0.29) is 37.1 Å². The summed E-state index contributed by atoms with van der Waals surface area (Å²) in [5.74, 6) is -0.630. The van der Waals surface area contributed by atoms with Crippen LogP contribution in [0, 0.1) is 0 Å². The molecule has 6 N–H and O–H groups in total. The maximum Gasteiger partial charge on any atom is 0.221 e. The van der Waals surface area contributed by atoms with E-state index in [1.165, 1.54) is 0 Å². The van der Waals surface area contributed by atoms with E-state index < -0.39 is 0 Å². The summed E-state index contributed by atoms with van der Waals surface area (Å²) in [6, 6.07) is 0. The molecule has 0 aromatic heterocycles. The molecule has 0 saturated carbocycles. The van der Waals surface area contributed by atoms with E-state index >= 15 is 0 Å². The Morgan fingerprint density at radius 3 is 1.52 bits per heavy atom. The molecule has 7 heteroatoms. The average Bonchev–Trinajstić information content (AvgIpc) is 2.83. The zero-order valence-corrected chi connectivity index (χ0v) is 13.4. The van der Waals surface area contributed by atoms with Crippen molar-refractivity contribution in [2.24, 2.45) is 11.5 Å². The lowest BCUT2D eigenvalue weighted by Crippen LogP contribution is -2.11. The van der Waals surface area contributed by atoms with E-state index in [0.717, 1.165) is 11.1 Å². The molecule has 2 aliphatic rings. The number of carbonyl (C=O) groups excluding carboxylic acids is 2. The van der Waals surface area contributed by atoms with Crippen LogP contribution in [0.15, 0.2) is 72.4 Å². The Hall–Kier alpha value is -2.73. The molecule has 2 amide bonds. The molecule has 0 saturated heterocycles. The Labute approximate surface area is 141 Å². The van der Waals surface area contributed by atoms with Crippen molar-refractivity contribution in [2.45, 2.75) is 12.8 Å². The second kappa shape index (κ2) is 11.9. The Bertz CT molecular complexity index is 535. The summed E-state index contributed by atoms with van der Waals surface area (Å²) in [5, 5.41) is 5.78. The molecule has 0 fully saturated rings. The molecule has 124 valence electrons. The van der Waals surface area contributed by atoms with E-state index in [1.807, 2.05) is 36.5 Å². The molecule has 0 radical (unpaired) electrons. The molecular formula is C16H21ClN4O2. The Balaban J connectivity index is 0.000000403. The van der Waals surface area contributed by atoms with Crippen molar-refractivity contribution in [2.75, 3.05) is 0 Å². The molecule has 0 aliphatic carbocycles. The lowest BCUT2D eigenvalue weighted by Gasteiger charge is -1.95. The molecule has 0 atom stereocenters. The number of hydrogen-bond donors (Lipinski definition) is 4. The van der Waals surface area contributed by atoms with Crippen LogP contribution >= 0.6 is 12.4 Å². The van der Waals surface area contributed by atoms with Gasteiger partial charge in [-0.1, -0.05) is 24.3 Å². The van der Waals surface area contributed by atoms with Gasteiger partial charge in [-0.2, -0.15) is 0 Å². The van der Waals surface area contributed by atoms with Crippen molar-refractivity contribution >= 4 is 24.2 Å². The standard InChI is InChI=1S/2C8H10N2O.ClH/c2*9-8(11)5-7-3-1-2-4-10-6-7;/h2*1-4,6,10H,5H2,(H2,9,11);1H. The highest BCUT2D eigenvalue weighted by Crippen LogP contribution is 2.04. The summed E-state index contributed by atoms with van der Waals surface area (Å²) in [6.07, 6.45) is 18.8. The van der Waals surface area contributed by atoms with E-state index in [2.05, 4.69) is 10.6 Å². The van der Waals surface area contributed by atoms with Crippen LogP contribution < -0.4 is 22.1 Å². The van der Waals surface area contributed by atoms with Crippen molar-refractivity contribution < 1.29 is 9.59 Å². The number of amides is 2. The minimum atomic E-state index is -0.315. The van der Waals surface area contributed by atoms with Gasteiger partial charge in [0.1, 0.15) is 0 Å². The van der Waals surface area contributed by atoms with Crippen molar-refractivity contribution in [1.82, 2.24) is 10.6 Å². The Morgan fingerprint density at radius 1 is 0.783 bits per heavy atom. The van der Waals surface area contributed by atoms with Crippen LogP contribution in [-0.4, -0.2) is 11.8 Å². The summed E-state index contributed by atoms with van der Waals surface area (Å²) < 4.78 is 0. The van der Waals surface area contributed by atoms with Gasteiger partial charge in [-0.25, -0.2) is 0 Å². The molecule has 0 aromatic carbocycles.